The molecule has 2 heterocycles. The third kappa shape index (κ3) is 4.08. The van der Waals surface area contributed by atoms with Crippen molar-refractivity contribution in [1.29, 1.82) is 0 Å². The molecule has 0 saturated heterocycles. The number of pyridine rings is 1. The zero-order valence-corrected chi connectivity index (χ0v) is 14.4. The molecule has 2 amide bonds. The summed E-state index contributed by atoms with van der Waals surface area (Å²) in [6.45, 7) is 1.33. The SMILES string of the molecule is O=C(NC[C@H]1C[C@@H]1c1ccccc1)Nc1ccn(Cc2ccncc2)n1. The highest BCUT2D eigenvalue weighted by atomic mass is 16.2. The molecule has 4 rings (SSSR count). The highest BCUT2D eigenvalue weighted by Gasteiger charge is 2.38. The summed E-state index contributed by atoms with van der Waals surface area (Å²) in [7, 11) is 0. The number of nitrogens with one attached hydrogen (secondary N) is 2. The van der Waals surface area contributed by atoms with Crippen LogP contribution in [0, 0.1) is 5.92 Å². The van der Waals surface area contributed by atoms with Gasteiger partial charge in [0.2, 0.25) is 0 Å². The second-order valence-corrected chi connectivity index (χ2v) is 6.60. The van der Waals surface area contributed by atoms with Gasteiger partial charge in [-0.25, -0.2) is 4.79 Å². The fourth-order valence-electron chi connectivity index (χ4n) is 3.16. The number of urea groups is 1. The van der Waals surface area contributed by atoms with Crippen molar-refractivity contribution in [3.63, 3.8) is 0 Å². The minimum absolute atomic E-state index is 0.210. The van der Waals surface area contributed by atoms with E-state index in [-0.39, 0.29) is 6.03 Å². The van der Waals surface area contributed by atoms with E-state index in [4.69, 9.17) is 0 Å². The Bertz CT molecular complexity index is 862. The molecule has 0 radical (unpaired) electrons. The Morgan fingerprint density at radius 3 is 2.73 bits per heavy atom. The summed E-state index contributed by atoms with van der Waals surface area (Å²) in [5, 5.41) is 10.1. The maximum absolute atomic E-state index is 12.1. The molecule has 1 saturated carbocycles. The van der Waals surface area contributed by atoms with E-state index < -0.39 is 0 Å². The van der Waals surface area contributed by atoms with E-state index in [0.717, 1.165) is 12.0 Å². The lowest BCUT2D eigenvalue weighted by Crippen LogP contribution is -2.30. The van der Waals surface area contributed by atoms with E-state index in [0.29, 0.717) is 30.7 Å². The number of carbonyl (C=O) groups excluding carboxylic acids is 1. The van der Waals surface area contributed by atoms with Crippen molar-refractivity contribution in [3.8, 4) is 0 Å². The van der Waals surface area contributed by atoms with Crippen LogP contribution in [-0.2, 0) is 6.54 Å². The monoisotopic (exact) mass is 347 g/mol. The summed E-state index contributed by atoms with van der Waals surface area (Å²) in [4.78, 5) is 16.1. The van der Waals surface area contributed by atoms with Gasteiger partial charge in [0.25, 0.3) is 0 Å². The van der Waals surface area contributed by atoms with Crippen LogP contribution < -0.4 is 10.6 Å². The molecule has 0 aliphatic heterocycles. The van der Waals surface area contributed by atoms with Gasteiger partial charge in [-0.1, -0.05) is 30.3 Å². The van der Waals surface area contributed by atoms with Crippen LogP contribution in [0.15, 0.2) is 67.1 Å². The van der Waals surface area contributed by atoms with Crippen LogP contribution in [0.4, 0.5) is 10.6 Å². The Balaban J connectivity index is 1.23. The molecule has 0 spiro atoms. The van der Waals surface area contributed by atoms with Crippen molar-refractivity contribution in [3.05, 3.63) is 78.2 Å². The molecule has 6 heteroatoms. The second-order valence-electron chi connectivity index (χ2n) is 6.60. The van der Waals surface area contributed by atoms with Gasteiger partial charge in [-0.05, 0) is 41.5 Å². The van der Waals surface area contributed by atoms with E-state index in [1.54, 1.807) is 23.1 Å². The van der Waals surface area contributed by atoms with E-state index >= 15 is 0 Å². The first-order chi connectivity index (χ1) is 12.8. The fraction of sp³-hybridized carbons (Fsp3) is 0.250. The lowest BCUT2D eigenvalue weighted by atomic mass is 10.1. The molecular formula is C20H21N5O. The molecule has 2 N–H and O–H groups in total. The molecule has 1 aliphatic rings. The van der Waals surface area contributed by atoms with Gasteiger partial charge in [0, 0.05) is 31.2 Å². The largest absolute Gasteiger partial charge is 0.338 e. The van der Waals surface area contributed by atoms with Crippen LogP contribution in [0.1, 0.15) is 23.5 Å². The Labute approximate surface area is 152 Å². The van der Waals surface area contributed by atoms with Gasteiger partial charge >= 0.3 is 6.03 Å². The molecule has 2 atom stereocenters. The normalized spacial score (nSPS) is 18.3. The van der Waals surface area contributed by atoms with Gasteiger partial charge in [-0.15, -0.1) is 0 Å². The molecule has 132 valence electrons. The highest BCUT2D eigenvalue weighted by molar-refractivity contribution is 5.88. The van der Waals surface area contributed by atoms with Crippen LogP contribution in [0.5, 0.6) is 0 Å². The number of nitrogens with zero attached hydrogens (tertiary/aromatic N) is 3. The van der Waals surface area contributed by atoms with Crippen LogP contribution in [0.2, 0.25) is 0 Å². The quantitative estimate of drug-likeness (QED) is 0.719. The maximum atomic E-state index is 12.1. The van der Waals surface area contributed by atoms with Gasteiger partial charge in [0.05, 0.1) is 6.54 Å². The van der Waals surface area contributed by atoms with Crippen molar-refractivity contribution in [2.75, 3.05) is 11.9 Å². The predicted molar refractivity (Wildman–Crippen MR) is 99.9 cm³/mol. The maximum Gasteiger partial charge on any atom is 0.320 e. The predicted octanol–water partition coefficient (Wildman–Crippen LogP) is 3.25. The van der Waals surface area contributed by atoms with Crippen molar-refractivity contribution >= 4 is 11.8 Å². The molecule has 1 aromatic carbocycles. The number of rotatable bonds is 6. The topological polar surface area (TPSA) is 71.8 Å². The van der Waals surface area contributed by atoms with E-state index in [1.165, 1.54) is 5.56 Å². The second kappa shape index (κ2) is 7.39. The molecule has 3 aromatic rings. The minimum Gasteiger partial charge on any atom is -0.338 e. The number of hydrogen-bond donors (Lipinski definition) is 2. The summed E-state index contributed by atoms with van der Waals surface area (Å²) in [6, 6.07) is 15.9. The molecule has 1 aliphatic carbocycles. The Hall–Kier alpha value is -3.15. The number of amides is 2. The minimum atomic E-state index is -0.210. The van der Waals surface area contributed by atoms with Crippen LogP contribution >= 0.6 is 0 Å². The molecule has 6 nitrogen and oxygen atoms in total. The first-order valence-electron chi connectivity index (χ1n) is 8.80. The Morgan fingerprint density at radius 2 is 1.92 bits per heavy atom. The van der Waals surface area contributed by atoms with Crippen molar-refractivity contribution in [1.82, 2.24) is 20.1 Å². The number of carbonyl (C=O) groups is 1. The Kier molecular flexibility index (Phi) is 4.64. The molecule has 0 bridgehead atoms. The number of aromatic nitrogens is 3. The van der Waals surface area contributed by atoms with Crippen molar-refractivity contribution in [2.24, 2.45) is 5.92 Å². The lowest BCUT2D eigenvalue weighted by Gasteiger charge is -2.06. The van der Waals surface area contributed by atoms with Crippen molar-refractivity contribution in [2.45, 2.75) is 18.9 Å². The van der Waals surface area contributed by atoms with Gasteiger partial charge in [0.1, 0.15) is 0 Å². The first-order valence-corrected chi connectivity index (χ1v) is 8.80. The Morgan fingerprint density at radius 1 is 1.12 bits per heavy atom. The highest BCUT2D eigenvalue weighted by Crippen LogP contribution is 2.46. The van der Waals surface area contributed by atoms with Crippen molar-refractivity contribution < 1.29 is 4.79 Å². The summed E-state index contributed by atoms with van der Waals surface area (Å²) in [5.41, 5.74) is 2.47. The first kappa shape index (κ1) is 16.3. The van der Waals surface area contributed by atoms with Crippen LogP contribution in [0.3, 0.4) is 0 Å². The van der Waals surface area contributed by atoms with Gasteiger partial charge in [0.15, 0.2) is 5.82 Å². The van der Waals surface area contributed by atoms with Gasteiger partial charge in [-0.3, -0.25) is 15.0 Å². The average molecular weight is 347 g/mol. The average Bonchev–Trinajstić information content (AvgIpc) is 3.34. The number of benzene rings is 1. The molecule has 26 heavy (non-hydrogen) atoms. The van der Waals surface area contributed by atoms with E-state index in [2.05, 4.69) is 45.0 Å². The molecular weight excluding hydrogens is 326 g/mol. The third-order valence-corrected chi connectivity index (χ3v) is 4.65. The summed E-state index contributed by atoms with van der Waals surface area (Å²) in [5.74, 6) is 1.63. The molecule has 0 unspecified atom stereocenters. The number of hydrogen-bond acceptors (Lipinski definition) is 3. The third-order valence-electron chi connectivity index (χ3n) is 4.65. The van der Waals surface area contributed by atoms with E-state index in [9.17, 15) is 4.79 Å². The van der Waals surface area contributed by atoms with Gasteiger partial charge in [-0.2, -0.15) is 5.10 Å². The standard InChI is InChI=1S/C20H21N5O/c26-20(22-13-17-12-18(17)16-4-2-1-3-5-16)23-19-8-11-25(24-19)14-15-6-9-21-10-7-15/h1-11,17-18H,12-14H2,(H2,22,23,24,26)/t17-,18-/m1/s1. The van der Waals surface area contributed by atoms with Gasteiger partial charge < -0.3 is 5.32 Å². The smallest absolute Gasteiger partial charge is 0.320 e. The van der Waals surface area contributed by atoms with Crippen LogP contribution in [0.25, 0.3) is 0 Å². The fourth-order valence-corrected chi connectivity index (χ4v) is 3.16. The van der Waals surface area contributed by atoms with Crippen LogP contribution in [-0.4, -0.2) is 27.3 Å². The number of anilines is 1. The van der Waals surface area contributed by atoms with E-state index in [1.807, 2.05) is 24.4 Å². The summed E-state index contributed by atoms with van der Waals surface area (Å²) in [6.07, 6.45) is 6.49. The summed E-state index contributed by atoms with van der Waals surface area (Å²) >= 11 is 0. The molecule has 2 aromatic heterocycles. The zero-order chi connectivity index (χ0) is 17.8. The lowest BCUT2D eigenvalue weighted by molar-refractivity contribution is 0.251. The summed E-state index contributed by atoms with van der Waals surface area (Å²) < 4.78 is 1.79. The molecule has 1 fully saturated rings. The zero-order valence-electron chi connectivity index (χ0n) is 14.4.